The van der Waals surface area contributed by atoms with E-state index < -0.39 is 0 Å². The first-order valence-electron chi connectivity index (χ1n) is 8.25. The van der Waals surface area contributed by atoms with Crippen molar-refractivity contribution in [3.8, 4) is 0 Å². The van der Waals surface area contributed by atoms with Gasteiger partial charge in [0.05, 0.1) is 6.61 Å². The summed E-state index contributed by atoms with van der Waals surface area (Å²) in [5.74, 6) is 0.868. The first-order chi connectivity index (χ1) is 10.1. The number of halogens is 1. The lowest BCUT2D eigenvalue weighted by Gasteiger charge is -2.29. The van der Waals surface area contributed by atoms with Crippen LogP contribution in [0.4, 0.5) is 0 Å². The third-order valence-corrected chi connectivity index (χ3v) is 5.17. The van der Waals surface area contributed by atoms with Crippen LogP contribution < -0.4 is 10.6 Å². The predicted octanol–water partition coefficient (Wildman–Crippen LogP) is 2.14. The van der Waals surface area contributed by atoms with E-state index in [-0.39, 0.29) is 36.0 Å². The first kappa shape index (κ1) is 20.0. The summed E-state index contributed by atoms with van der Waals surface area (Å²) in [6.45, 7) is 5.90. The minimum Gasteiger partial charge on any atom is -0.396 e. The Morgan fingerprint density at radius 1 is 1.18 bits per heavy atom. The summed E-state index contributed by atoms with van der Waals surface area (Å²) in [6, 6.07) is 0. The van der Waals surface area contributed by atoms with E-state index in [0.29, 0.717) is 5.41 Å². The van der Waals surface area contributed by atoms with E-state index in [9.17, 15) is 5.11 Å². The van der Waals surface area contributed by atoms with E-state index >= 15 is 0 Å². The lowest BCUT2D eigenvalue weighted by molar-refractivity contribution is 0.127. The number of guanidine groups is 1. The van der Waals surface area contributed by atoms with Gasteiger partial charge in [-0.1, -0.05) is 19.8 Å². The molecule has 6 heteroatoms. The molecule has 0 aromatic carbocycles. The fraction of sp³-hybridized carbons (Fsp3) is 0.938. The van der Waals surface area contributed by atoms with Gasteiger partial charge in [-0.2, -0.15) is 0 Å². The smallest absolute Gasteiger partial charge is 0.191 e. The summed E-state index contributed by atoms with van der Waals surface area (Å²) in [5, 5.41) is 16.2. The topological polar surface area (TPSA) is 65.9 Å². The lowest BCUT2D eigenvalue weighted by atomic mass is 9.84. The van der Waals surface area contributed by atoms with Gasteiger partial charge in [0.15, 0.2) is 5.96 Å². The van der Waals surface area contributed by atoms with Crippen molar-refractivity contribution >= 4 is 29.9 Å². The lowest BCUT2D eigenvalue weighted by Crippen LogP contribution is -2.46. The zero-order chi connectivity index (χ0) is 15.2. The Morgan fingerprint density at radius 3 is 2.41 bits per heavy atom. The number of aliphatic imine (C=N–C) groups is 1. The van der Waals surface area contributed by atoms with Gasteiger partial charge in [-0.25, -0.2) is 0 Å². The number of aliphatic hydroxyl groups excluding tert-OH is 1. The maximum Gasteiger partial charge on any atom is 0.191 e. The molecule has 0 bridgehead atoms. The van der Waals surface area contributed by atoms with Crippen LogP contribution in [0.25, 0.3) is 0 Å². The van der Waals surface area contributed by atoms with Crippen molar-refractivity contribution in [1.29, 1.82) is 0 Å². The molecule has 1 heterocycles. The Bertz CT molecular complexity index is 351. The van der Waals surface area contributed by atoms with E-state index in [2.05, 4.69) is 22.5 Å². The van der Waals surface area contributed by atoms with E-state index in [4.69, 9.17) is 4.74 Å². The van der Waals surface area contributed by atoms with Gasteiger partial charge in [0.2, 0.25) is 0 Å². The number of rotatable bonds is 6. The van der Waals surface area contributed by atoms with E-state index in [1.54, 1.807) is 0 Å². The highest BCUT2D eigenvalue weighted by Crippen LogP contribution is 2.36. The second-order valence-electron chi connectivity index (χ2n) is 7.07. The van der Waals surface area contributed by atoms with E-state index in [0.717, 1.165) is 45.1 Å². The van der Waals surface area contributed by atoms with Gasteiger partial charge in [-0.05, 0) is 31.1 Å². The van der Waals surface area contributed by atoms with Crippen molar-refractivity contribution in [2.45, 2.75) is 45.4 Å². The third-order valence-electron chi connectivity index (χ3n) is 5.17. The molecule has 1 atom stereocenters. The molecule has 1 aliphatic heterocycles. The highest BCUT2D eigenvalue weighted by atomic mass is 127. The van der Waals surface area contributed by atoms with Crippen LogP contribution in [0.3, 0.4) is 0 Å². The zero-order valence-corrected chi connectivity index (χ0v) is 16.3. The molecule has 22 heavy (non-hydrogen) atoms. The van der Waals surface area contributed by atoms with Gasteiger partial charge in [0.25, 0.3) is 0 Å². The van der Waals surface area contributed by atoms with Gasteiger partial charge in [-0.15, -0.1) is 24.0 Å². The summed E-state index contributed by atoms with van der Waals surface area (Å²) < 4.78 is 5.52. The van der Waals surface area contributed by atoms with Crippen LogP contribution in [0, 0.1) is 10.8 Å². The second kappa shape index (κ2) is 9.27. The molecular formula is C16H32IN3O2. The van der Waals surface area contributed by atoms with Gasteiger partial charge < -0.3 is 20.5 Å². The monoisotopic (exact) mass is 425 g/mol. The largest absolute Gasteiger partial charge is 0.396 e. The van der Waals surface area contributed by atoms with Crippen LogP contribution in [0.2, 0.25) is 0 Å². The highest BCUT2D eigenvalue weighted by Gasteiger charge is 2.34. The molecule has 2 rings (SSSR count). The Labute approximate surface area is 151 Å². The van der Waals surface area contributed by atoms with Crippen LogP contribution in [0.15, 0.2) is 4.99 Å². The molecule has 1 aliphatic carbocycles. The van der Waals surface area contributed by atoms with E-state index in [1.807, 2.05) is 7.05 Å². The summed E-state index contributed by atoms with van der Waals surface area (Å²) >= 11 is 0. The maximum atomic E-state index is 9.27. The molecule has 0 amide bonds. The summed E-state index contributed by atoms with van der Waals surface area (Å²) in [6.07, 6.45) is 7.10. The van der Waals surface area contributed by atoms with Gasteiger partial charge in [-0.3, -0.25) is 4.99 Å². The average molecular weight is 425 g/mol. The van der Waals surface area contributed by atoms with Crippen LogP contribution in [-0.4, -0.2) is 51.0 Å². The molecule has 0 aromatic heterocycles. The van der Waals surface area contributed by atoms with Crippen molar-refractivity contribution in [2.24, 2.45) is 15.8 Å². The number of aliphatic hydroxyl groups is 1. The number of hydrogen-bond donors (Lipinski definition) is 3. The quantitative estimate of drug-likeness (QED) is 0.347. The standard InChI is InChI=1S/C16H31N3O2.HI/c1-15(5-3-4-6-15)11-18-14(17-2)19-12-16(7-9-20)8-10-21-13-16;/h20H,3-13H2,1-2H3,(H2,17,18,19);1H. The molecule has 5 nitrogen and oxygen atoms in total. The van der Waals surface area contributed by atoms with Gasteiger partial charge >= 0.3 is 0 Å². The minimum absolute atomic E-state index is 0. The van der Waals surface area contributed by atoms with Crippen molar-refractivity contribution in [1.82, 2.24) is 10.6 Å². The van der Waals surface area contributed by atoms with Crippen LogP contribution >= 0.6 is 24.0 Å². The Morgan fingerprint density at radius 2 is 1.86 bits per heavy atom. The number of ether oxygens (including phenoxy) is 1. The van der Waals surface area contributed by atoms with Crippen LogP contribution in [0.1, 0.15) is 45.4 Å². The SMILES string of the molecule is CN=C(NCC1(C)CCCC1)NCC1(CCO)CCOC1.I. The van der Waals surface area contributed by atoms with Crippen molar-refractivity contribution < 1.29 is 9.84 Å². The molecule has 0 radical (unpaired) electrons. The molecule has 2 fully saturated rings. The molecule has 1 saturated heterocycles. The Hall–Kier alpha value is -0.0800. The molecule has 0 spiro atoms. The molecule has 1 saturated carbocycles. The summed E-state index contributed by atoms with van der Waals surface area (Å²) in [4.78, 5) is 4.32. The number of nitrogens with one attached hydrogen (secondary N) is 2. The molecule has 130 valence electrons. The van der Waals surface area contributed by atoms with Crippen molar-refractivity contribution in [2.75, 3.05) is 40.0 Å². The molecule has 0 aromatic rings. The van der Waals surface area contributed by atoms with Gasteiger partial charge in [0, 0.05) is 38.8 Å². The van der Waals surface area contributed by atoms with Crippen LogP contribution in [0.5, 0.6) is 0 Å². The van der Waals surface area contributed by atoms with Crippen LogP contribution in [-0.2, 0) is 4.74 Å². The second-order valence-corrected chi connectivity index (χ2v) is 7.07. The Kier molecular flexibility index (Phi) is 8.42. The summed E-state index contributed by atoms with van der Waals surface area (Å²) in [7, 11) is 1.82. The third kappa shape index (κ3) is 5.53. The van der Waals surface area contributed by atoms with Crippen molar-refractivity contribution in [3.05, 3.63) is 0 Å². The molecular weight excluding hydrogens is 393 g/mol. The van der Waals surface area contributed by atoms with Crippen molar-refractivity contribution in [3.63, 3.8) is 0 Å². The molecule has 1 unspecified atom stereocenters. The fourth-order valence-corrected chi connectivity index (χ4v) is 3.51. The molecule has 3 N–H and O–H groups in total. The number of hydrogen-bond acceptors (Lipinski definition) is 3. The normalized spacial score (nSPS) is 27.5. The molecule has 2 aliphatic rings. The maximum absolute atomic E-state index is 9.27. The highest BCUT2D eigenvalue weighted by molar-refractivity contribution is 14.0. The number of nitrogens with zero attached hydrogens (tertiary/aromatic N) is 1. The fourth-order valence-electron chi connectivity index (χ4n) is 3.51. The summed E-state index contributed by atoms with van der Waals surface area (Å²) in [5.41, 5.74) is 0.473. The Balaban J connectivity index is 0.00000242. The van der Waals surface area contributed by atoms with Gasteiger partial charge in [0.1, 0.15) is 0 Å². The predicted molar refractivity (Wildman–Crippen MR) is 101 cm³/mol. The van der Waals surface area contributed by atoms with E-state index in [1.165, 1.54) is 25.7 Å². The minimum atomic E-state index is 0. The average Bonchev–Trinajstić information content (AvgIpc) is 3.10. The zero-order valence-electron chi connectivity index (χ0n) is 14.0. The first-order valence-corrected chi connectivity index (χ1v) is 8.25.